The Balaban J connectivity index is 0.000000324. The van der Waals surface area contributed by atoms with E-state index in [0.717, 1.165) is 50.2 Å². The van der Waals surface area contributed by atoms with Crippen molar-refractivity contribution in [2.75, 3.05) is 0 Å². The Labute approximate surface area is 695 Å². The zero-order chi connectivity index (χ0) is 77.4. The first-order chi connectivity index (χ1) is 50.7. The predicted octanol–water partition coefficient (Wildman–Crippen LogP) is 35.0. The molecule has 0 radical (unpaired) electrons. The van der Waals surface area contributed by atoms with Crippen molar-refractivity contribution < 1.29 is 17.6 Å². The molecule has 16 rings (SSSR count). The minimum atomic E-state index is -0.574. The Bertz CT molecular complexity index is 4970. The molecule has 12 aromatic carbocycles. The summed E-state index contributed by atoms with van der Waals surface area (Å²) >= 11 is 26.7. The molecule has 0 N–H and O–H groups in total. The zero-order valence-corrected chi connectivity index (χ0v) is 75.9. The van der Waals surface area contributed by atoms with Crippen molar-refractivity contribution in [2.24, 2.45) is 0 Å². The van der Waals surface area contributed by atoms with Crippen LogP contribution < -0.4 is 0 Å². The largest absolute Gasteiger partial charge is 0.309 e. The lowest BCUT2D eigenvalue weighted by Gasteiger charge is -2.10. The molecule has 1 aliphatic carbocycles. The first kappa shape index (κ1) is 92.9. The minimum Gasteiger partial charge on any atom is -0.309 e. The third kappa shape index (κ3) is 25.4. The highest BCUT2D eigenvalue weighted by molar-refractivity contribution is 14.1. The van der Waals surface area contributed by atoms with Crippen LogP contribution in [0.1, 0.15) is 122 Å². The molecule has 104 heavy (non-hydrogen) atoms. The van der Waals surface area contributed by atoms with E-state index in [4.69, 9.17) is 0 Å². The number of hydrogen-bond acceptors (Lipinski definition) is 4. The van der Waals surface area contributed by atoms with Gasteiger partial charge < -0.3 is 4.57 Å². The van der Waals surface area contributed by atoms with Gasteiger partial charge in [0.1, 0.15) is 23.3 Å². The second kappa shape index (κ2) is 51.1. The highest BCUT2D eigenvalue weighted by atomic mass is 127. The van der Waals surface area contributed by atoms with Gasteiger partial charge in [0.15, 0.2) is 0 Å². The van der Waals surface area contributed by atoms with Gasteiger partial charge in [0, 0.05) is 81.9 Å². The average molecular weight is 1950 g/mol. The number of rotatable bonds is 3. The van der Waals surface area contributed by atoms with E-state index in [0.29, 0.717) is 4.47 Å². The Morgan fingerprint density at radius 3 is 1.34 bits per heavy atom. The number of thiol groups is 1. The van der Waals surface area contributed by atoms with E-state index in [2.05, 4.69) is 253 Å². The maximum absolute atomic E-state index is 13.6. The molecule has 0 fully saturated rings. The number of aromatic nitrogens is 1. The van der Waals surface area contributed by atoms with Crippen LogP contribution in [0.3, 0.4) is 0 Å². The summed E-state index contributed by atoms with van der Waals surface area (Å²) in [7, 11) is 0. The van der Waals surface area contributed by atoms with E-state index in [1.165, 1.54) is 119 Å². The summed E-state index contributed by atoms with van der Waals surface area (Å²) in [5, 5.41) is 7.08. The van der Waals surface area contributed by atoms with E-state index >= 15 is 0 Å². The number of hydrogen-bond donors (Lipinski definition) is 1. The molecule has 0 unspecified atom stereocenters. The maximum Gasteiger partial charge on any atom is 0.140 e. The van der Waals surface area contributed by atoms with Crippen LogP contribution in [0.2, 0.25) is 0 Å². The lowest BCUT2D eigenvalue weighted by Crippen LogP contribution is -1.94. The summed E-state index contributed by atoms with van der Waals surface area (Å²) in [5.74, 6) is -1.51. The number of benzene rings is 12. The van der Waals surface area contributed by atoms with Crippen LogP contribution in [-0.4, -0.2) is 4.57 Å². The standard InChI is InChI=1S/C24H14INS.C13H9I.C12H7Br2FS.C12H7FS.C6H3BrF2.C6H5BrS.8C2H6/c25-15-12-13-20-18(14-15)16-6-1-3-8-19(16)26(20)21-9-5-11-23-24(21)17-7-2-4-10-22(17)27-23;14-11-6-5-10-7-9-3-1-2-4-12(9)13(10)8-11;13-8-4-1-2-6-10(8)16-11-7-3-5-9(15)12(11)14;13-9-5-3-7-11-12(9)8-4-1-2-6-10(8)14-11;7-6-4(8)2-1-3-5(6)9;7-5-3-1-2-4-6(5)8;8*1-2/h1-14H;1-6,8H,7H2;1-7H;1-7H;1-3H;1-4,8H;8*1-2H3. The Kier molecular flexibility index (Phi) is 45.6. The molecular formula is C89H93Br4F4I2NS4. The van der Waals surface area contributed by atoms with E-state index < -0.39 is 11.6 Å². The topological polar surface area (TPSA) is 4.93 Å². The molecule has 548 valence electrons. The molecule has 0 spiro atoms. The molecule has 15 aromatic rings. The lowest BCUT2D eigenvalue weighted by atomic mass is 10.1. The predicted molar refractivity (Wildman–Crippen MR) is 492 cm³/mol. The molecule has 3 aromatic heterocycles. The van der Waals surface area contributed by atoms with Gasteiger partial charge in [-0.25, -0.2) is 17.6 Å². The number of nitrogens with zero attached hydrogens (tertiary/aromatic N) is 1. The van der Waals surface area contributed by atoms with Crippen LogP contribution in [-0.2, 0) is 6.42 Å². The monoisotopic (exact) mass is 1950 g/mol. The van der Waals surface area contributed by atoms with Crippen molar-refractivity contribution in [3.8, 4) is 16.8 Å². The summed E-state index contributed by atoms with van der Waals surface area (Å²) in [5.41, 5.74) is 9.55. The quantitative estimate of drug-likeness (QED) is 0.0800. The summed E-state index contributed by atoms with van der Waals surface area (Å²) in [6.45, 7) is 32.0. The molecule has 15 heteroatoms. The van der Waals surface area contributed by atoms with E-state index in [1.807, 2.05) is 207 Å². The Morgan fingerprint density at radius 2 is 0.760 bits per heavy atom. The normalized spacial score (nSPS) is 9.88. The van der Waals surface area contributed by atoms with Gasteiger partial charge >= 0.3 is 0 Å². The van der Waals surface area contributed by atoms with Gasteiger partial charge in [-0.15, -0.1) is 35.3 Å². The zero-order valence-electron chi connectivity index (χ0n) is 61.9. The van der Waals surface area contributed by atoms with Gasteiger partial charge in [-0.1, -0.05) is 256 Å². The van der Waals surface area contributed by atoms with Crippen LogP contribution in [0, 0.1) is 30.4 Å². The highest BCUT2D eigenvalue weighted by Gasteiger charge is 2.19. The van der Waals surface area contributed by atoms with Crippen LogP contribution in [0.4, 0.5) is 17.6 Å². The molecule has 3 heterocycles. The van der Waals surface area contributed by atoms with Gasteiger partial charge in [0.05, 0.1) is 25.7 Å². The van der Waals surface area contributed by atoms with E-state index in [1.54, 1.807) is 23.5 Å². The fraction of sp³-hybridized carbons (Fsp3) is 0.191. The summed E-state index contributed by atoms with van der Waals surface area (Å²) in [6, 6.07) is 83.8. The third-order valence-electron chi connectivity index (χ3n) is 14.1. The van der Waals surface area contributed by atoms with Gasteiger partial charge in [0.2, 0.25) is 0 Å². The van der Waals surface area contributed by atoms with Crippen LogP contribution >= 0.6 is 156 Å². The molecule has 0 saturated heterocycles. The molecule has 0 atom stereocenters. The van der Waals surface area contributed by atoms with Gasteiger partial charge in [0.25, 0.3) is 0 Å². The maximum atomic E-state index is 13.6. The number of halogens is 10. The second-order valence-corrected chi connectivity index (χ2v) is 29.2. The van der Waals surface area contributed by atoms with Crippen molar-refractivity contribution in [3.63, 3.8) is 0 Å². The van der Waals surface area contributed by atoms with Crippen LogP contribution in [0.5, 0.6) is 0 Å². The second-order valence-electron chi connectivity index (χ2n) is 19.7. The lowest BCUT2D eigenvalue weighted by molar-refractivity contribution is 0.572. The number of thiophene rings is 2. The SMILES string of the molecule is CC.CC.CC.CC.CC.CC.CC.CC.Fc1cccc(F)c1Br.Fc1cccc(Sc2ccccc2Br)c1Br.Fc1cccc2sc3ccccc3c12.Ic1ccc2c(c1)-c1ccccc1C2.Ic1ccc2c(c1)c1ccccc1n2-c1cccc2sc3ccccc3c12.Sc1ccccc1Br. The smallest absolute Gasteiger partial charge is 0.140 e. The Hall–Kier alpha value is -5.32. The fourth-order valence-corrected chi connectivity index (χ4v) is 16.0. The van der Waals surface area contributed by atoms with Crippen molar-refractivity contribution in [2.45, 2.75) is 132 Å². The molecule has 1 aliphatic rings. The fourth-order valence-electron chi connectivity index (χ4n) is 10.1. The van der Waals surface area contributed by atoms with Crippen molar-refractivity contribution in [1.82, 2.24) is 4.57 Å². The number of fused-ring (bicyclic) bond motifs is 12. The van der Waals surface area contributed by atoms with Crippen molar-refractivity contribution >= 4 is 218 Å². The highest BCUT2D eigenvalue weighted by Crippen LogP contribution is 2.43. The van der Waals surface area contributed by atoms with Crippen molar-refractivity contribution in [1.29, 1.82) is 0 Å². The molecule has 0 aliphatic heterocycles. The van der Waals surface area contributed by atoms with E-state index in [9.17, 15) is 17.6 Å². The van der Waals surface area contributed by atoms with Crippen molar-refractivity contribution in [3.05, 3.63) is 314 Å². The Morgan fingerprint density at radius 1 is 0.346 bits per heavy atom. The third-order valence-corrected chi connectivity index (χ3v) is 23.0. The number of para-hydroxylation sites is 1. The molecule has 0 saturated carbocycles. The van der Waals surface area contributed by atoms with Crippen LogP contribution in [0.15, 0.2) is 287 Å². The van der Waals surface area contributed by atoms with Crippen LogP contribution in [0.25, 0.3) is 79.0 Å². The van der Waals surface area contributed by atoms with Gasteiger partial charge in [-0.2, -0.15) is 0 Å². The molecule has 0 bridgehead atoms. The first-order valence-electron chi connectivity index (χ1n) is 35.1. The molecule has 1 nitrogen and oxygen atoms in total. The van der Waals surface area contributed by atoms with E-state index in [-0.39, 0.29) is 16.1 Å². The van der Waals surface area contributed by atoms with Gasteiger partial charge in [-0.3, -0.25) is 0 Å². The summed E-state index contributed by atoms with van der Waals surface area (Å²) < 4.78 is 63.8. The molecular weight excluding hydrogens is 1860 g/mol. The summed E-state index contributed by atoms with van der Waals surface area (Å²) in [4.78, 5) is 2.91. The van der Waals surface area contributed by atoms with Gasteiger partial charge in [-0.05, 0) is 259 Å². The first-order valence-corrected chi connectivity index (χ1v) is 43.4. The summed E-state index contributed by atoms with van der Waals surface area (Å²) in [6.07, 6.45) is 1.10. The average Bonchev–Trinajstić information content (AvgIpc) is 1.58. The minimum absolute atomic E-state index is 0.106. The molecule has 0 amide bonds.